The van der Waals surface area contributed by atoms with Crippen LogP contribution in [0.15, 0.2) is 48.5 Å². The molecule has 1 aliphatic carbocycles. The number of hydrogen-bond donors (Lipinski definition) is 0. The average molecular weight is 455 g/mol. The summed E-state index contributed by atoms with van der Waals surface area (Å²) in [7, 11) is 0. The highest BCUT2D eigenvalue weighted by molar-refractivity contribution is 5.93. The topological polar surface area (TPSA) is 66.6 Å². The Hall–Kier alpha value is -3.48. The Morgan fingerprint density at radius 1 is 0.971 bits per heavy atom. The second-order valence-electron chi connectivity index (χ2n) is 9.73. The van der Waals surface area contributed by atoms with Gasteiger partial charge in [0.25, 0.3) is 0 Å². The number of fused-ring (bicyclic) bond motifs is 3. The maximum atomic E-state index is 13.1. The van der Waals surface area contributed by atoms with Crippen LogP contribution in [-0.4, -0.2) is 56.1 Å². The zero-order valence-electron chi connectivity index (χ0n) is 19.8. The van der Waals surface area contributed by atoms with Crippen molar-refractivity contribution >= 4 is 28.4 Å². The number of amides is 1. The first-order valence-electron chi connectivity index (χ1n) is 12.4. The molecule has 0 bridgehead atoms. The summed E-state index contributed by atoms with van der Waals surface area (Å²) in [6.07, 6.45) is 4.44. The standard InChI is InChI=1S/C27H30N6O/c1-18-9-3-6-12-21(18)24-29-30-25-22-13-7-8-14-23(22)28-27(33(24)25)31-15-16-32(19(2)17-31)26(34)20-10-4-5-11-20/h3,6-9,12-14,19-20H,4-5,10-11,15-17H2,1-2H3/t19-/m0/s1. The molecule has 0 radical (unpaired) electrons. The van der Waals surface area contributed by atoms with Gasteiger partial charge in [0, 0.05) is 42.5 Å². The summed E-state index contributed by atoms with van der Waals surface area (Å²) < 4.78 is 2.10. The molecule has 0 unspecified atom stereocenters. The quantitative estimate of drug-likeness (QED) is 0.457. The van der Waals surface area contributed by atoms with Crippen LogP contribution >= 0.6 is 0 Å². The first-order chi connectivity index (χ1) is 16.6. The number of para-hydroxylation sites is 1. The van der Waals surface area contributed by atoms with Crippen LogP contribution in [0.2, 0.25) is 0 Å². The molecule has 7 nitrogen and oxygen atoms in total. The molecule has 6 rings (SSSR count). The molecule has 2 fully saturated rings. The van der Waals surface area contributed by atoms with Crippen LogP contribution in [0.4, 0.5) is 5.95 Å². The summed E-state index contributed by atoms with van der Waals surface area (Å²) in [5.74, 6) is 2.20. The lowest BCUT2D eigenvalue weighted by Gasteiger charge is -2.41. The van der Waals surface area contributed by atoms with Crippen molar-refractivity contribution in [2.24, 2.45) is 5.92 Å². The van der Waals surface area contributed by atoms with Crippen molar-refractivity contribution in [3.05, 3.63) is 54.1 Å². The summed E-state index contributed by atoms with van der Waals surface area (Å²) in [6.45, 7) is 6.46. The van der Waals surface area contributed by atoms with Gasteiger partial charge in [-0.1, -0.05) is 49.2 Å². The molecule has 3 heterocycles. The number of piperazine rings is 1. The van der Waals surface area contributed by atoms with Gasteiger partial charge in [-0.25, -0.2) is 9.38 Å². The normalized spacial score (nSPS) is 19.4. The Morgan fingerprint density at radius 2 is 1.74 bits per heavy atom. The minimum absolute atomic E-state index is 0.128. The van der Waals surface area contributed by atoms with Gasteiger partial charge in [0.2, 0.25) is 11.9 Å². The third kappa shape index (κ3) is 3.42. The fraction of sp³-hybridized carbons (Fsp3) is 0.407. The number of benzene rings is 2. The van der Waals surface area contributed by atoms with E-state index in [0.717, 1.165) is 65.4 Å². The van der Waals surface area contributed by atoms with Gasteiger partial charge in [0.05, 0.1) is 5.52 Å². The van der Waals surface area contributed by atoms with E-state index in [1.54, 1.807) is 0 Å². The largest absolute Gasteiger partial charge is 0.338 e. The molecule has 2 aromatic carbocycles. The highest BCUT2D eigenvalue weighted by atomic mass is 16.2. The van der Waals surface area contributed by atoms with Gasteiger partial charge < -0.3 is 9.80 Å². The van der Waals surface area contributed by atoms with E-state index < -0.39 is 0 Å². The number of aryl methyl sites for hydroxylation is 1. The highest BCUT2D eigenvalue weighted by Crippen LogP contribution is 2.32. The summed E-state index contributed by atoms with van der Waals surface area (Å²) >= 11 is 0. The molecule has 1 aliphatic heterocycles. The molecule has 0 spiro atoms. The lowest BCUT2D eigenvalue weighted by molar-refractivity contribution is -0.137. The second-order valence-corrected chi connectivity index (χ2v) is 9.73. The summed E-state index contributed by atoms with van der Waals surface area (Å²) in [6, 6.07) is 16.5. The molecule has 1 atom stereocenters. The number of anilines is 1. The van der Waals surface area contributed by atoms with E-state index in [-0.39, 0.29) is 12.0 Å². The first kappa shape index (κ1) is 21.1. The number of nitrogens with zero attached hydrogens (tertiary/aromatic N) is 6. The maximum Gasteiger partial charge on any atom is 0.226 e. The maximum absolute atomic E-state index is 13.1. The van der Waals surface area contributed by atoms with Crippen LogP contribution in [-0.2, 0) is 4.79 Å². The van der Waals surface area contributed by atoms with E-state index in [9.17, 15) is 4.79 Å². The van der Waals surface area contributed by atoms with E-state index in [1.807, 2.05) is 30.3 Å². The van der Waals surface area contributed by atoms with Crippen molar-refractivity contribution in [2.75, 3.05) is 24.5 Å². The smallest absolute Gasteiger partial charge is 0.226 e. The van der Waals surface area contributed by atoms with E-state index in [4.69, 9.17) is 4.98 Å². The minimum Gasteiger partial charge on any atom is -0.338 e. The van der Waals surface area contributed by atoms with E-state index in [0.29, 0.717) is 12.5 Å². The molecule has 34 heavy (non-hydrogen) atoms. The van der Waals surface area contributed by atoms with Gasteiger partial charge >= 0.3 is 0 Å². The number of rotatable bonds is 3. The summed E-state index contributed by atoms with van der Waals surface area (Å²) in [5.41, 5.74) is 3.93. The Kier molecular flexibility index (Phi) is 5.20. The number of carbonyl (C=O) groups excluding carboxylic acids is 1. The molecule has 2 aromatic heterocycles. The van der Waals surface area contributed by atoms with Crippen LogP contribution < -0.4 is 4.90 Å². The number of carbonyl (C=O) groups is 1. The molecular formula is C27H30N6O. The SMILES string of the molecule is Cc1ccccc1-c1nnc2c3ccccc3nc(N3CCN(C(=O)C4CCCC4)[C@@H](C)C3)n12. The lowest BCUT2D eigenvalue weighted by Crippen LogP contribution is -2.55. The average Bonchev–Trinajstić information content (AvgIpc) is 3.54. The highest BCUT2D eigenvalue weighted by Gasteiger charge is 2.34. The molecule has 7 heteroatoms. The zero-order chi connectivity index (χ0) is 23.2. The summed E-state index contributed by atoms with van der Waals surface area (Å²) in [4.78, 5) is 22.6. The minimum atomic E-state index is 0.128. The van der Waals surface area contributed by atoms with Crippen LogP contribution in [0.3, 0.4) is 0 Å². The molecule has 1 amide bonds. The Morgan fingerprint density at radius 3 is 2.53 bits per heavy atom. The molecule has 1 saturated heterocycles. The number of aromatic nitrogens is 4. The molecule has 1 saturated carbocycles. The predicted molar refractivity (Wildman–Crippen MR) is 134 cm³/mol. The molecule has 174 valence electrons. The van der Waals surface area contributed by atoms with Gasteiger partial charge in [-0.3, -0.25) is 4.79 Å². The second kappa shape index (κ2) is 8.38. The van der Waals surface area contributed by atoms with Crippen molar-refractivity contribution in [3.8, 4) is 11.4 Å². The molecule has 2 aliphatic rings. The lowest BCUT2D eigenvalue weighted by atomic mass is 10.0. The first-order valence-corrected chi connectivity index (χ1v) is 12.4. The monoisotopic (exact) mass is 454 g/mol. The fourth-order valence-electron chi connectivity index (χ4n) is 5.65. The van der Waals surface area contributed by atoms with Gasteiger partial charge in [-0.15, -0.1) is 10.2 Å². The van der Waals surface area contributed by atoms with Crippen LogP contribution in [0, 0.1) is 12.8 Å². The van der Waals surface area contributed by atoms with Gasteiger partial charge in [-0.2, -0.15) is 0 Å². The van der Waals surface area contributed by atoms with Crippen molar-refractivity contribution in [3.63, 3.8) is 0 Å². The van der Waals surface area contributed by atoms with Crippen molar-refractivity contribution in [1.29, 1.82) is 0 Å². The zero-order valence-corrected chi connectivity index (χ0v) is 19.8. The number of hydrogen-bond acceptors (Lipinski definition) is 5. The van der Waals surface area contributed by atoms with E-state index >= 15 is 0 Å². The van der Waals surface area contributed by atoms with E-state index in [1.165, 1.54) is 12.8 Å². The molecular weight excluding hydrogens is 424 g/mol. The molecule has 4 aromatic rings. The Bertz CT molecular complexity index is 1370. The van der Waals surface area contributed by atoms with Gasteiger partial charge in [0.1, 0.15) is 0 Å². The van der Waals surface area contributed by atoms with E-state index in [2.05, 4.69) is 56.4 Å². The Labute approximate surface area is 199 Å². The predicted octanol–water partition coefficient (Wildman–Crippen LogP) is 4.48. The Balaban J connectivity index is 1.43. The van der Waals surface area contributed by atoms with Gasteiger partial charge in [0.15, 0.2) is 11.5 Å². The third-order valence-electron chi connectivity index (χ3n) is 7.51. The van der Waals surface area contributed by atoms with Crippen molar-refractivity contribution in [1.82, 2.24) is 24.5 Å². The van der Waals surface area contributed by atoms with Crippen molar-refractivity contribution < 1.29 is 4.79 Å². The van der Waals surface area contributed by atoms with Crippen LogP contribution in [0.1, 0.15) is 38.2 Å². The third-order valence-corrected chi connectivity index (χ3v) is 7.51. The van der Waals surface area contributed by atoms with Gasteiger partial charge in [-0.05, 0) is 44.4 Å². The fourth-order valence-corrected chi connectivity index (χ4v) is 5.65. The molecule has 0 N–H and O–H groups in total. The summed E-state index contributed by atoms with van der Waals surface area (Å²) in [5, 5.41) is 10.2. The van der Waals surface area contributed by atoms with Crippen LogP contribution in [0.25, 0.3) is 27.9 Å². The van der Waals surface area contributed by atoms with Crippen molar-refractivity contribution in [2.45, 2.75) is 45.6 Å². The van der Waals surface area contributed by atoms with Crippen LogP contribution in [0.5, 0.6) is 0 Å².